The highest BCUT2D eigenvalue weighted by atomic mass is 32.1. The lowest BCUT2D eigenvalue weighted by atomic mass is 9.98. The summed E-state index contributed by atoms with van der Waals surface area (Å²) in [5.41, 5.74) is -0.0663. The van der Waals surface area contributed by atoms with Crippen LogP contribution in [0, 0.1) is 0 Å². The monoisotopic (exact) mass is 313 g/mol. The van der Waals surface area contributed by atoms with Gasteiger partial charge in [-0.1, -0.05) is 32.1 Å². The van der Waals surface area contributed by atoms with Gasteiger partial charge in [0.05, 0.1) is 6.54 Å². The van der Waals surface area contributed by atoms with E-state index in [9.17, 15) is 9.59 Å². The van der Waals surface area contributed by atoms with Crippen molar-refractivity contribution < 1.29 is 19.4 Å². The van der Waals surface area contributed by atoms with Crippen LogP contribution in [0.25, 0.3) is 0 Å². The van der Waals surface area contributed by atoms with E-state index in [1.165, 1.54) is 11.3 Å². The number of hydrogen-bond donors (Lipinski definition) is 2. The molecule has 1 fully saturated rings. The van der Waals surface area contributed by atoms with Crippen molar-refractivity contribution in [3.05, 3.63) is 10.0 Å². The molecule has 21 heavy (non-hydrogen) atoms. The molecule has 0 aliphatic carbocycles. The predicted octanol–water partition coefficient (Wildman–Crippen LogP) is 1.08. The van der Waals surface area contributed by atoms with Gasteiger partial charge in [-0.3, -0.25) is 4.79 Å². The lowest BCUT2D eigenvalue weighted by molar-refractivity contribution is -0.151. The molecule has 0 spiro atoms. The van der Waals surface area contributed by atoms with E-state index in [1.54, 1.807) is 0 Å². The van der Waals surface area contributed by atoms with Gasteiger partial charge in [-0.25, -0.2) is 4.79 Å². The van der Waals surface area contributed by atoms with Crippen LogP contribution in [0.15, 0.2) is 0 Å². The molecule has 0 bridgehead atoms. The summed E-state index contributed by atoms with van der Waals surface area (Å²) in [6.07, 6.45) is -0.789. The van der Waals surface area contributed by atoms with Gasteiger partial charge in [-0.15, -0.1) is 10.2 Å². The summed E-state index contributed by atoms with van der Waals surface area (Å²) in [7, 11) is 0. The average molecular weight is 313 g/mol. The van der Waals surface area contributed by atoms with Crippen LogP contribution >= 0.6 is 11.3 Å². The maximum Gasteiger partial charge on any atom is 0.332 e. The van der Waals surface area contributed by atoms with Crippen molar-refractivity contribution in [2.75, 3.05) is 0 Å². The van der Waals surface area contributed by atoms with E-state index in [4.69, 9.17) is 9.84 Å². The van der Waals surface area contributed by atoms with Gasteiger partial charge in [0.1, 0.15) is 16.1 Å². The first-order valence-electron chi connectivity index (χ1n) is 6.76. The van der Waals surface area contributed by atoms with Crippen molar-refractivity contribution in [3.8, 4) is 0 Å². The first-order chi connectivity index (χ1) is 9.77. The van der Waals surface area contributed by atoms with Gasteiger partial charge in [-0.05, 0) is 12.8 Å². The van der Waals surface area contributed by atoms with Crippen molar-refractivity contribution in [2.45, 2.75) is 57.8 Å². The van der Waals surface area contributed by atoms with E-state index in [2.05, 4.69) is 15.5 Å². The van der Waals surface area contributed by atoms with Gasteiger partial charge in [0.2, 0.25) is 5.91 Å². The molecular formula is C13H19N3O4S. The summed E-state index contributed by atoms with van der Waals surface area (Å²) in [5.74, 6) is -1.32. The first kappa shape index (κ1) is 15.8. The Morgan fingerprint density at radius 2 is 2.00 bits per heavy atom. The van der Waals surface area contributed by atoms with Crippen LogP contribution in [0.1, 0.15) is 43.6 Å². The number of nitrogens with zero attached hydrogens (tertiary/aromatic N) is 2. The van der Waals surface area contributed by atoms with Crippen molar-refractivity contribution in [1.29, 1.82) is 0 Å². The molecule has 1 aromatic rings. The lowest BCUT2D eigenvalue weighted by Crippen LogP contribution is -2.35. The zero-order chi connectivity index (χ0) is 15.6. The number of nitrogens with one attached hydrogen (secondary N) is 1. The van der Waals surface area contributed by atoms with Gasteiger partial charge >= 0.3 is 5.97 Å². The molecule has 0 saturated carbocycles. The molecular weight excluding hydrogens is 294 g/mol. The second kappa shape index (κ2) is 6.07. The minimum absolute atomic E-state index is 0.0663. The number of amides is 1. The maximum absolute atomic E-state index is 11.9. The molecule has 0 aromatic carbocycles. The average Bonchev–Trinajstić information content (AvgIpc) is 3.04. The molecule has 2 atom stereocenters. The molecule has 1 amide bonds. The topological polar surface area (TPSA) is 101 Å². The van der Waals surface area contributed by atoms with E-state index >= 15 is 0 Å². The van der Waals surface area contributed by atoms with Crippen LogP contribution in [0.3, 0.4) is 0 Å². The predicted molar refractivity (Wildman–Crippen MR) is 76.0 cm³/mol. The standard InChI is InChI=1S/C13H19N3O4S/c1-13(2,3)12-16-15-9(21-12)6-14-10(17)7-4-5-8(20-7)11(18)19/h7-8H,4-6H2,1-3H3,(H,14,17)(H,18,19)/t7-,8+/m0/s1. The van der Waals surface area contributed by atoms with Crippen LogP contribution in [0.5, 0.6) is 0 Å². The summed E-state index contributed by atoms with van der Waals surface area (Å²) < 4.78 is 5.19. The number of aliphatic carboxylic acids is 1. The third-order valence-corrected chi connectivity index (χ3v) is 4.46. The molecule has 8 heteroatoms. The van der Waals surface area contributed by atoms with Crippen molar-refractivity contribution in [2.24, 2.45) is 0 Å². The summed E-state index contributed by atoms with van der Waals surface area (Å²) >= 11 is 1.46. The summed E-state index contributed by atoms with van der Waals surface area (Å²) in [6.45, 7) is 6.43. The van der Waals surface area contributed by atoms with E-state index in [0.717, 1.165) is 10.0 Å². The highest BCUT2D eigenvalue weighted by molar-refractivity contribution is 7.11. The molecule has 1 aliphatic heterocycles. The van der Waals surface area contributed by atoms with Crippen LogP contribution in [0.4, 0.5) is 0 Å². The van der Waals surface area contributed by atoms with Crippen LogP contribution in [0.2, 0.25) is 0 Å². The summed E-state index contributed by atoms with van der Waals surface area (Å²) in [4.78, 5) is 22.7. The number of carboxylic acid groups (broad SMARTS) is 1. The maximum atomic E-state index is 11.9. The fourth-order valence-electron chi connectivity index (χ4n) is 1.92. The highest BCUT2D eigenvalue weighted by Gasteiger charge is 2.34. The van der Waals surface area contributed by atoms with Gasteiger partial charge in [-0.2, -0.15) is 0 Å². The largest absolute Gasteiger partial charge is 0.479 e. The number of carbonyl (C=O) groups excluding carboxylic acids is 1. The molecule has 116 valence electrons. The molecule has 1 aromatic heterocycles. The van der Waals surface area contributed by atoms with E-state index in [-0.39, 0.29) is 17.9 Å². The molecule has 1 aliphatic rings. The Morgan fingerprint density at radius 3 is 2.52 bits per heavy atom. The molecule has 1 saturated heterocycles. The normalized spacial score (nSPS) is 22.2. The Morgan fingerprint density at radius 1 is 1.33 bits per heavy atom. The number of ether oxygens (including phenoxy) is 1. The Labute approximate surface area is 126 Å². The fourth-order valence-corrected chi connectivity index (χ4v) is 2.75. The third-order valence-electron chi connectivity index (χ3n) is 3.11. The number of rotatable bonds is 4. The lowest BCUT2D eigenvalue weighted by Gasteiger charge is -2.12. The SMILES string of the molecule is CC(C)(C)c1nnc(CNC(=O)[C@@H]2CC[C@H](C(=O)O)O2)s1. The molecule has 2 rings (SSSR count). The number of aromatic nitrogens is 2. The van der Waals surface area contributed by atoms with Crippen LogP contribution < -0.4 is 5.32 Å². The Kier molecular flexibility index (Phi) is 4.58. The molecule has 2 heterocycles. The van der Waals surface area contributed by atoms with Crippen molar-refractivity contribution >= 4 is 23.2 Å². The van der Waals surface area contributed by atoms with Crippen molar-refractivity contribution in [3.63, 3.8) is 0 Å². The number of carbonyl (C=O) groups is 2. The highest BCUT2D eigenvalue weighted by Crippen LogP contribution is 2.25. The molecule has 2 N–H and O–H groups in total. The van der Waals surface area contributed by atoms with E-state index < -0.39 is 18.2 Å². The smallest absolute Gasteiger partial charge is 0.332 e. The summed E-state index contributed by atoms with van der Waals surface area (Å²) in [6, 6.07) is 0. The molecule has 0 radical (unpaired) electrons. The van der Waals surface area contributed by atoms with E-state index in [0.29, 0.717) is 12.8 Å². The van der Waals surface area contributed by atoms with Gasteiger partial charge in [0.25, 0.3) is 0 Å². The van der Waals surface area contributed by atoms with E-state index in [1.807, 2.05) is 20.8 Å². The minimum atomic E-state index is -1.02. The first-order valence-corrected chi connectivity index (χ1v) is 7.58. The van der Waals surface area contributed by atoms with Crippen LogP contribution in [-0.4, -0.2) is 39.4 Å². The van der Waals surface area contributed by atoms with Crippen LogP contribution in [-0.2, 0) is 26.3 Å². The molecule has 0 unspecified atom stereocenters. The zero-order valence-electron chi connectivity index (χ0n) is 12.3. The van der Waals surface area contributed by atoms with Gasteiger partial charge in [0, 0.05) is 5.41 Å². The van der Waals surface area contributed by atoms with Gasteiger partial charge < -0.3 is 15.2 Å². The summed E-state index contributed by atoms with van der Waals surface area (Å²) in [5, 5.41) is 21.3. The third kappa shape index (κ3) is 3.98. The molecule has 7 nitrogen and oxygen atoms in total. The van der Waals surface area contributed by atoms with Gasteiger partial charge in [0.15, 0.2) is 6.10 Å². The Balaban J connectivity index is 1.85. The van der Waals surface area contributed by atoms with Crippen molar-refractivity contribution in [1.82, 2.24) is 15.5 Å². The second-order valence-corrected chi connectivity index (χ2v) is 7.06. The fraction of sp³-hybridized carbons (Fsp3) is 0.692. The zero-order valence-corrected chi connectivity index (χ0v) is 13.1. The number of carboxylic acids is 1. The Bertz CT molecular complexity index is 538. The quantitative estimate of drug-likeness (QED) is 0.862. The number of hydrogen-bond acceptors (Lipinski definition) is 6. The minimum Gasteiger partial charge on any atom is -0.479 e. The Hall–Kier alpha value is -1.54. The second-order valence-electron chi connectivity index (χ2n) is 6.00.